The van der Waals surface area contributed by atoms with E-state index in [0.717, 1.165) is 36.8 Å². The fraction of sp³-hybridized carbons (Fsp3) is 0.812. The summed E-state index contributed by atoms with van der Waals surface area (Å²) in [4.78, 5) is 2.17. The van der Waals surface area contributed by atoms with E-state index in [9.17, 15) is 0 Å². The highest BCUT2D eigenvalue weighted by molar-refractivity contribution is 6.31. The van der Waals surface area contributed by atoms with Crippen LogP contribution in [-0.2, 0) is 6.54 Å². The number of unbranched alkanes of at least 4 members (excludes halogenated alkanes) is 3. The maximum Gasteiger partial charge on any atom is 0.0834 e. The number of rotatable bonds is 11. The molecular formula is C16H31ClN4. The highest BCUT2D eigenvalue weighted by Gasteiger charge is 2.19. The highest BCUT2D eigenvalue weighted by atomic mass is 35.5. The first kappa shape index (κ1) is 18.5. The van der Waals surface area contributed by atoms with Crippen molar-refractivity contribution in [3.05, 3.63) is 16.9 Å². The molecule has 1 rings (SSSR count). The van der Waals surface area contributed by atoms with E-state index in [1.165, 1.54) is 25.7 Å². The molecule has 1 heterocycles. The van der Waals surface area contributed by atoms with Crippen molar-refractivity contribution in [2.24, 2.45) is 0 Å². The van der Waals surface area contributed by atoms with Crippen LogP contribution in [0.4, 0.5) is 0 Å². The van der Waals surface area contributed by atoms with Gasteiger partial charge in [0.25, 0.3) is 0 Å². The van der Waals surface area contributed by atoms with Gasteiger partial charge in [0.05, 0.1) is 29.5 Å². The lowest BCUT2D eigenvalue weighted by molar-refractivity contribution is 0.358. The van der Waals surface area contributed by atoms with Crippen LogP contribution in [0.3, 0.4) is 0 Å². The normalized spacial score (nSPS) is 13.0. The zero-order valence-corrected chi connectivity index (χ0v) is 14.8. The van der Waals surface area contributed by atoms with Crippen LogP contribution < -0.4 is 5.32 Å². The van der Waals surface area contributed by atoms with Gasteiger partial charge in [0, 0.05) is 6.54 Å². The lowest BCUT2D eigenvalue weighted by atomic mass is 10.0. The number of hydrogen-bond acceptors (Lipinski definition) is 3. The Labute approximate surface area is 134 Å². The quantitative estimate of drug-likeness (QED) is 0.632. The lowest BCUT2D eigenvalue weighted by Crippen LogP contribution is -2.26. The Bertz CT molecular complexity index is 390. The van der Waals surface area contributed by atoms with Crippen LogP contribution in [0.15, 0.2) is 6.20 Å². The summed E-state index contributed by atoms with van der Waals surface area (Å²) >= 11 is 6.39. The van der Waals surface area contributed by atoms with Crippen LogP contribution in [-0.4, -0.2) is 41.9 Å². The summed E-state index contributed by atoms with van der Waals surface area (Å²) < 4.78 is 2.06. The van der Waals surface area contributed by atoms with Gasteiger partial charge in [0.15, 0.2) is 0 Å². The Hall–Kier alpha value is -0.580. The molecular weight excluding hydrogens is 284 g/mol. The predicted molar refractivity (Wildman–Crippen MR) is 91.0 cm³/mol. The first-order chi connectivity index (χ1) is 10.1. The van der Waals surface area contributed by atoms with E-state index in [0.29, 0.717) is 6.04 Å². The summed E-state index contributed by atoms with van der Waals surface area (Å²) in [5, 5.41) is 8.81. The van der Waals surface area contributed by atoms with Crippen LogP contribution >= 0.6 is 11.6 Å². The Balaban J connectivity index is 2.73. The molecule has 1 aromatic heterocycles. The predicted octanol–water partition coefficient (Wildman–Crippen LogP) is 3.72. The number of nitrogens with zero attached hydrogens (tertiary/aromatic N) is 3. The monoisotopic (exact) mass is 314 g/mol. The molecule has 0 saturated heterocycles. The molecule has 1 atom stereocenters. The van der Waals surface area contributed by atoms with Crippen LogP contribution in [0.5, 0.6) is 0 Å². The molecule has 0 spiro atoms. The zero-order valence-electron chi connectivity index (χ0n) is 14.0. The van der Waals surface area contributed by atoms with E-state index in [2.05, 4.69) is 47.9 Å². The molecule has 0 aliphatic carbocycles. The molecule has 21 heavy (non-hydrogen) atoms. The van der Waals surface area contributed by atoms with Gasteiger partial charge >= 0.3 is 0 Å². The third-order valence-corrected chi connectivity index (χ3v) is 4.01. The first-order valence-electron chi connectivity index (χ1n) is 8.19. The van der Waals surface area contributed by atoms with Gasteiger partial charge in [0.2, 0.25) is 0 Å². The van der Waals surface area contributed by atoms with E-state index in [4.69, 9.17) is 11.6 Å². The molecule has 0 bridgehead atoms. The second kappa shape index (κ2) is 10.2. The molecule has 0 saturated carbocycles. The van der Waals surface area contributed by atoms with Gasteiger partial charge in [-0.3, -0.25) is 4.68 Å². The maximum atomic E-state index is 6.39. The zero-order chi connectivity index (χ0) is 15.7. The lowest BCUT2D eigenvalue weighted by Gasteiger charge is -2.21. The topological polar surface area (TPSA) is 33.1 Å². The van der Waals surface area contributed by atoms with Gasteiger partial charge in [-0.25, -0.2) is 0 Å². The van der Waals surface area contributed by atoms with Crippen molar-refractivity contribution in [2.45, 2.75) is 58.5 Å². The van der Waals surface area contributed by atoms with Gasteiger partial charge in [-0.05, 0) is 27.1 Å². The van der Waals surface area contributed by atoms with Crippen LogP contribution in [0.25, 0.3) is 0 Å². The first-order valence-corrected chi connectivity index (χ1v) is 8.57. The summed E-state index contributed by atoms with van der Waals surface area (Å²) in [7, 11) is 4.16. The second-order valence-electron chi connectivity index (χ2n) is 5.86. The Morgan fingerprint density at radius 2 is 2.05 bits per heavy atom. The maximum absolute atomic E-state index is 6.39. The minimum atomic E-state index is 0.309. The van der Waals surface area contributed by atoms with Gasteiger partial charge in [0.1, 0.15) is 0 Å². The molecule has 0 aliphatic heterocycles. The molecule has 0 aromatic carbocycles. The Morgan fingerprint density at radius 1 is 1.29 bits per heavy atom. The van der Waals surface area contributed by atoms with Crippen molar-refractivity contribution >= 4 is 11.6 Å². The van der Waals surface area contributed by atoms with Crippen molar-refractivity contribution in [3.8, 4) is 0 Å². The summed E-state index contributed by atoms with van der Waals surface area (Å²) in [6.45, 7) is 7.20. The smallest absolute Gasteiger partial charge is 0.0834 e. The number of nitrogens with one attached hydrogen (secondary N) is 1. The van der Waals surface area contributed by atoms with Crippen molar-refractivity contribution < 1.29 is 0 Å². The number of hydrogen-bond donors (Lipinski definition) is 1. The van der Waals surface area contributed by atoms with Gasteiger partial charge in [-0.15, -0.1) is 0 Å². The molecule has 1 unspecified atom stereocenters. The average molecular weight is 315 g/mol. The number of halogens is 1. The van der Waals surface area contributed by atoms with Crippen LogP contribution in [0, 0.1) is 0 Å². The van der Waals surface area contributed by atoms with E-state index in [-0.39, 0.29) is 0 Å². The van der Waals surface area contributed by atoms with E-state index >= 15 is 0 Å². The number of aromatic nitrogens is 2. The third kappa shape index (κ3) is 6.37. The standard InChI is InChI=1S/C16H31ClN4/c1-5-7-8-9-10-15(18-6-2)16-14(17)13-19-21(16)12-11-20(3)4/h13,15,18H,5-12H2,1-4H3. The summed E-state index contributed by atoms with van der Waals surface area (Å²) in [5.41, 5.74) is 1.15. The van der Waals surface area contributed by atoms with Gasteiger partial charge in [-0.2, -0.15) is 5.10 Å². The van der Waals surface area contributed by atoms with Crippen molar-refractivity contribution in [3.63, 3.8) is 0 Å². The van der Waals surface area contributed by atoms with E-state index in [1.807, 2.05) is 0 Å². The van der Waals surface area contributed by atoms with Gasteiger partial charge < -0.3 is 10.2 Å². The summed E-state index contributed by atoms with van der Waals surface area (Å²) in [5.74, 6) is 0. The molecule has 5 heteroatoms. The van der Waals surface area contributed by atoms with Crippen molar-refractivity contribution in [2.75, 3.05) is 27.2 Å². The fourth-order valence-electron chi connectivity index (χ4n) is 2.55. The third-order valence-electron chi connectivity index (χ3n) is 3.72. The summed E-state index contributed by atoms with van der Waals surface area (Å²) in [6, 6.07) is 0.309. The largest absolute Gasteiger partial charge is 0.309 e. The Kier molecular flexibility index (Phi) is 8.97. The van der Waals surface area contributed by atoms with E-state index in [1.54, 1.807) is 6.20 Å². The molecule has 0 aliphatic rings. The highest BCUT2D eigenvalue weighted by Crippen LogP contribution is 2.27. The van der Waals surface area contributed by atoms with Crippen molar-refractivity contribution in [1.82, 2.24) is 20.0 Å². The minimum absolute atomic E-state index is 0.309. The minimum Gasteiger partial charge on any atom is -0.309 e. The Morgan fingerprint density at radius 3 is 2.67 bits per heavy atom. The van der Waals surface area contributed by atoms with Crippen LogP contribution in [0.1, 0.15) is 57.7 Å². The molecule has 0 fully saturated rings. The molecule has 1 N–H and O–H groups in total. The average Bonchev–Trinajstić information content (AvgIpc) is 2.81. The second-order valence-corrected chi connectivity index (χ2v) is 6.27. The molecule has 122 valence electrons. The van der Waals surface area contributed by atoms with Gasteiger partial charge in [-0.1, -0.05) is 51.1 Å². The SMILES string of the molecule is CCCCCCC(NCC)c1c(Cl)cnn1CCN(C)C. The van der Waals surface area contributed by atoms with E-state index < -0.39 is 0 Å². The number of likely N-dealkylation sites (N-methyl/N-ethyl adjacent to an activating group) is 1. The molecule has 0 radical (unpaired) electrons. The van der Waals surface area contributed by atoms with Crippen molar-refractivity contribution in [1.29, 1.82) is 0 Å². The fourth-order valence-corrected chi connectivity index (χ4v) is 2.82. The molecule has 0 amide bonds. The molecule has 1 aromatic rings. The summed E-state index contributed by atoms with van der Waals surface area (Å²) in [6.07, 6.45) is 8.02. The van der Waals surface area contributed by atoms with Crippen LogP contribution in [0.2, 0.25) is 5.02 Å². The molecule has 4 nitrogen and oxygen atoms in total.